The Morgan fingerprint density at radius 3 is 1.78 bits per heavy atom. The fraction of sp³-hybridized carbons (Fsp3) is 0.167. The molecule has 0 unspecified atom stereocenters. The highest BCUT2D eigenvalue weighted by Gasteiger charge is 2.25. The van der Waals surface area contributed by atoms with Crippen LogP contribution >= 0.6 is 0 Å². The second-order valence-corrected chi connectivity index (χ2v) is 9.36. The van der Waals surface area contributed by atoms with Crippen molar-refractivity contribution in [2.45, 2.75) is 27.2 Å². The number of aliphatic carboxylic acids is 2. The van der Waals surface area contributed by atoms with Crippen molar-refractivity contribution >= 4 is 28.6 Å². The highest BCUT2D eigenvalue weighted by Crippen LogP contribution is 2.32. The molecule has 0 saturated heterocycles. The van der Waals surface area contributed by atoms with Gasteiger partial charge >= 0.3 is 11.9 Å². The summed E-state index contributed by atoms with van der Waals surface area (Å²) >= 11 is 0. The van der Waals surface area contributed by atoms with Gasteiger partial charge in [0.15, 0.2) is 12.0 Å². The summed E-state index contributed by atoms with van der Waals surface area (Å²) < 4.78 is 5.01. The molecule has 0 aliphatic carbocycles. The van der Waals surface area contributed by atoms with Gasteiger partial charge in [0.25, 0.3) is 0 Å². The molecule has 36 heavy (non-hydrogen) atoms. The molecule has 0 aliphatic heterocycles. The number of para-hydroxylation sites is 2. The molecule has 0 aliphatic rings. The molecule has 0 bridgehead atoms. The fourth-order valence-corrected chi connectivity index (χ4v) is 3.70. The van der Waals surface area contributed by atoms with Crippen LogP contribution in [0.3, 0.4) is 0 Å². The smallest absolute Gasteiger partial charge is 0.343 e. The standard InChI is InChI=1S/C23H24O4.C7H5NO/c1-23(2,3)15-18(20(21(24)25)22(26)27)14-19(16-10-6-4-7-11-16)17-12-8-5-9-13-17;1-2-4-7-6(3-1)8-5-9-7/h4-14H,15H2,1-3H3,(H,24,25)(H,26,27);1-5H. The number of carboxylic acid groups (broad SMARTS) is 2. The van der Waals surface area contributed by atoms with Gasteiger partial charge in [-0.05, 0) is 52.3 Å². The maximum Gasteiger partial charge on any atom is 0.343 e. The number of carboxylic acids is 2. The Labute approximate surface area is 210 Å². The van der Waals surface area contributed by atoms with E-state index in [2.05, 4.69) is 4.98 Å². The number of carbonyl (C=O) groups is 2. The Kier molecular flexibility index (Phi) is 8.57. The van der Waals surface area contributed by atoms with Gasteiger partial charge in [0.05, 0.1) is 0 Å². The fourth-order valence-electron chi connectivity index (χ4n) is 3.70. The van der Waals surface area contributed by atoms with E-state index in [0.29, 0.717) is 12.0 Å². The minimum atomic E-state index is -1.43. The lowest BCUT2D eigenvalue weighted by Crippen LogP contribution is -2.17. The van der Waals surface area contributed by atoms with Gasteiger partial charge in [-0.15, -0.1) is 0 Å². The van der Waals surface area contributed by atoms with Crippen molar-refractivity contribution in [2.75, 3.05) is 0 Å². The van der Waals surface area contributed by atoms with E-state index >= 15 is 0 Å². The minimum Gasteiger partial charge on any atom is -0.477 e. The Morgan fingerprint density at radius 1 is 0.806 bits per heavy atom. The van der Waals surface area contributed by atoms with E-state index in [1.54, 1.807) is 6.08 Å². The SMILES string of the molecule is CC(C)(C)CC(C=C(c1ccccc1)c1ccccc1)=C(C(=O)O)C(=O)O.c1ccc2ocnc2c1. The third-order valence-corrected chi connectivity index (χ3v) is 5.19. The predicted octanol–water partition coefficient (Wildman–Crippen LogP) is 6.85. The third kappa shape index (κ3) is 7.27. The summed E-state index contributed by atoms with van der Waals surface area (Å²) in [6.45, 7) is 5.85. The van der Waals surface area contributed by atoms with Crippen LogP contribution < -0.4 is 0 Å². The van der Waals surface area contributed by atoms with Gasteiger partial charge in [-0.3, -0.25) is 0 Å². The summed E-state index contributed by atoms with van der Waals surface area (Å²) in [5.41, 5.74) is 3.76. The van der Waals surface area contributed by atoms with Crippen LogP contribution in [0.4, 0.5) is 0 Å². The Hall–Kier alpha value is -4.45. The Balaban J connectivity index is 0.000000331. The largest absolute Gasteiger partial charge is 0.477 e. The highest BCUT2D eigenvalue weighted by atomic mass is 16.4. The summed E-state index contributed by atoms with van der Waals surface area (Å²) in [5.74, 6) is -2.86. The van der Waals surface area contributed by atoms with Gasteiger partial charge in [-0.25, -0.2) is 14.6 Å². The molecule has 0 saturated carbocycles. The number of hydrogen-bond acceptors (Lipinski definition) is 4. The summed E-state index contributed by atoms with van der Waals surface area (Å²) in [6.07, 6.45) is 3.47. The molecular weight excluding hydrogens is 454 g/mol. The lowest BCUT2D eigenvalue weighted by molar-refractivity contribution is -0.140. The first-order valence-corrected chi connectivity index (χ1v) is 11.5. The zero-order valence-corrected chi connectivity index (χ0v) is 20.5. The average Bonchev–Trinajstić information content (AvgIpc) is 3.31. The average molecular weight is 484 g/mol. The highest BCUT2D eigenvalue weighted by molar-refractivity contribution is 6.13. The molecule has 4 aromatic rings. The van der Waals surface area contributed by atoms with Gasteiger partial charge in [0, 0.05) is 0 Å². The maximum atomic E-state index is 11.7. The molecule has 4 rings (SSSR count). The molecular formula is C30H29NO5. The molecule has 184 valence electrons. The van der Waals surface area contributed by atoms with Crippen molar-refractivity contribution in [3.8, 4) is 0 Å². The molecule has 0 amide bonds. The number of hydrogen-bond donors (Lipinski definition) is 2. The number of nitrogens with zero attached hydrogens (tertiary/aromatic N) is 1. The van der Waals surface area contributed by atoms with Crippen LogP contribution in [0.2, 0.25) is 0 Å². The number of fused-ring (bicyclic) bond motifs is 1. The van der Waals surface area contributed by atoms with E-state index in [1.165, 1.54) is 6.39 Å². The van der Waals surface area contributed by atoms with Gasteiger partial charge in [-0.2, -0.15) is 0 Å². The number of aromatic nitrogens is 1. The first-order chi connectivity index (χ1) is 17.2. The Bertz CT molecular complexity index is 1290. The number of oxazole rings is 1. The van der Waals surface area contributed by atoms with Crippen molar-refractivity contribution < 1.29 is 24.2 Å². The van der Waals surface area contributed by atoms with Crippen LogP contribution in [0.5, 0.6) is 0 Å². The van der Waals surface area contributed by atoms with Crippen LogP contribution in [-0.4, -0.2) is 27.1 Å². The van der Waals surface area contributed by atoms with Crippen molar-refractivity contribution in [3.63, 3.8) is 0 Å². The third-order valence-electron chi connectivity index (χ3n) is 5.19. The summed E-state index contributed by atoms with van der Waals surface area (Å²) in [5, 5.41) is 19.0. The van der Waals surface area contributed by atoms with Crippen molar-refractivity contribution in [1.29, 1.82) is 0 Å². The van der Waals surface area contributed by atoms with Gasteiger partial charge in [0.2, 0.25) is 0 Å². The van der Waals surface area contributed by atoms with E-state index in [-0.39, 0.29) is 5.41 Å². The first kappa shape index (κ1) is 26.2. The molecule has 1 heterocycles. The van der Waals surface area contributed by atoms with Crippen molar-refractivity contribution in [1.82, 2.24) is 4.98 Å². The molecule has 0 radical (unpaired) electrons. The van der Waals surface area contributed by atoms with E-state index in [4.69, 9.17) is 4.42 Å². The molecule has 0 spiro atoms. The summed E-state index contributed by atoms with van der Waals surface area (Å²) in [7, 11) is 0. The molecule has 6 heteroatoms. The second-order valence-electron chi connectivity index (χ2n) is 9.36. The van der Waals surface area contributed by atoms with Crippen LogP contribution in [0.25, 0.3) is 16.7 Å². The molecule has 1 aromatic heterocycles. The zero-order valence-electron chi connectivity index (χ0n) is 20.5. The van der Waals surface area contributed by atoms with E-state index in [1.807, 2.05) is 106 Å². The predicted molar refractivity (Wildman–Crippen MR) is 140 cm³/mol. The summed E-state index contributed by atoms with van der Waals surface area (Å²) in [4.78, 5) is 27.3. The van der Waals surface area contributed by atoms with E-state index in [9.17, 15) is 19.8 Å². The van der Waals surface area contributed by atoms with Crippen LogP contribution in [0.15, 0.2) is 113 Å². The number of benzene rings is 3. The molecule has 3 aromatic carbocycles. The monoisotopic (exact) mass is 483 g/mol. The number of rotatable bonds is 6. The second kappa shape index (κ2) is 11.8. The van der Waals surface area contributed by atoms with Crippen molar-refractivity contribution in [2.24, 2.45) is 5.41 Å². The zero-order chi connectivity index (χ0) is 26.1. The quantitative estimate of drug-likeness (QED) is 0.135. The van der Waals surface area contributed by atoms with Gasteiger partial charge in [-0.1, -0.05) is 93.6 Å². The van der Waals surface area contributed by atoms with E-state index in [0.717, 1.165) is 27.8 Å². The molecule has 6 nitrogen and oxygen atoms in total. The van der Waals surface area contributed by atoms with Gasteiger partial charge < -0.3 is 14.6 Å². The van der Waals surface area contributed by atoms with Crippen LogP contribution in [-0.2, 0) is 9.59 Å². The van der Waals surface area contributed by atoms with Crippen molar-refractivity contribution in [3.05, 3.63) is 120 Å². The lowest BCUT2D eigenvalue weighted by atomic mass is 9.84. The lowest BCUT2D eigenvalue weighted by Gasteiger charge is -2.21. The molecule has 2 N–H and O–H groups in total. The minimum absolute atomic E-state index is 0.277. The number of allylic oxidation sites excluding steroid dienone is 2. The topological polar surface area (TPSA) is 101 Å². The Morgan fingerprint density at radius 2 is 1.31 bits per heavy atom. The maximum absolute atomic E-state index is 11.7. The van der Waals surface area contributed by atoms with E-state index < -0.39 is 17.5 Å². The van der Waals surface area contributed by atoms with Crippen LogP contribution in [0, 0.1) is 5.41 Å². The molecule has 0 atom stereocenters. The summed E-state index contributed by atoms with van der Waals surface area (Å²) in [6, 6.07) is 26.8. The van der Waals surface area contributed by atoms with Gasteiger partial charge in [0.1, 0.15) is 11.1 Å². The van der Waals surface area contributed by atoms with Crippen LogP contribution in [0.1, 0.15) is 38.3 Å². The molecule has 0 fully saturated rings. The first-order valence-electron chi connectivity index (χ1n) is 11.5. The normalized spacial score (nSPS) is 10.6.